The molecule has 0 aromatic carbocycles. The summed E-state index contributed by atoms with van der Waals surface area (Å²) in [4.78, 5) is 14.2. The van der Waals surface area contributed by atoms with Gasteiger partial charge in [0, 0.05) is 12.3 Å². The van der Waals surface area contributed by atoms with Crippen LogP contribution in [0.2, 0.25) is 5.02 Å². The number of halogens is 1. The van der Waals surface area contributed by atoms with Gasteiger partial charge in [-0.2, -0.15) is 5.21 Å². The minimum absolute atomic E-state index is 0.0988. The number of nitro groups is 1. The van der Waals surface area contributed by atoms with Crippen LogP contribution < -0.4 is 5.32 Å². The molecule has 2 rings (SSSR count). The summed E-state index contributed by atoms with van der Waals surface area (Å²) in [6.07, 6.45) is 1.32. The Morgan fingerprint density at radius 1 is 1.61 bits per heavy atom. The summed E-state index contributed by atoms with van der Waals surface area (Å²) in [6.45, 7) is 1.73. The van der Waals surface area contributed by atoms with Crippen molar-refractivity contribution in [1.29, 1.82) is 0 Å². The minimum atomic E-state index is -0.565. The second-order valence-corrected chi connectivity index (χ2v) is 3.85. The molecular formula is C8H8ClN7O2. The van der Waals surface area contributed by atoms with Crippen LogP contribution in [0.25, 0.3) is 0 Å². The Balaban J connectivity index is 2.26. The normalized spacial score (nSPS) is 12.1. The van der Waals surface area contributed by atoms with Crippen molar-refractivity contribution in [3.63, 3.8) is 0 Å². The molecular weight excluding hydrogens is 262 g/mol. The molecule has 10 heteroatoms. The van der Waals surface area contributed by atoms with Crippen molar-refractivity contribution in [3.05, 3.63) is 33.2 Å². The Morgan fingerprint density at radius 2 is 2.39 bits per heavy atom. The van der Waals surface area contributed by atoms with Gasteiger partial charge in [-0.25, -0.2) is 4.98 Å². The van der Waals surface area contributed by atoms with Crippen molar-refractivity contribution in [2.75, 3.05) is 5.32 Å². The fourth-order valence-electron chi connectivity index (χ4n) is 1.30. The van der Waals surface area contributed by atoms with Crippen LogP contribution in [0, 0.1) is 10.1 Å². The van der Waals surface area contributed by atoms with E-state index < -0.39 is 4.92 Å². The Kier molecular flexibility index (Phi) is 3.33. The van der Waals surface area contributed by atoms with Crippen molar-refractivity contribution in [3.8, 4) is 0 Å². The van der Waals surface area contributed by atoms with Gasteiger partial charge in [0.05, 0.1) is 16.0 Å². The Labute approximate surface area is 106 Å². The highest BCUT2D eigenvalue weighted by molar-refractivity contribution is 6.30. The van der Waals surface area contributed by atoms with Crippen LogP contribution in [-0.2, 0) is 0 Å². The van der Waals surface area contributed by atoms with Gasteiger partial charge in [0.25, 0.3) is 0 Å². The number of H-pyrrole nitrogens is 1. The maximum absolute atomic E-state index is 10.9. The highest BCUT2D eigenvalue weighted by Crippen LogP contribution is 2.27. The van der Waals surface area contributed by atoms with Crippen molar-refractivity contribution in [2.24, 2.45) is 0 Å². The van der Waals surface area contributed by atoms with Gasteiger partial charge in [-0.05, 0) is 6.92 Å². The third kappa shape index (κ3) is 2.51. The monoisotopic (exact) mass is 269 g/mol. The fourth-order valence-corrected chi connectivity index (χ4v) is 1.45. The van der Waals surface area contributed by atoms with E-state index >= 15 is 0 Å². The van der Waals surface area contributed by atoms with Crippen LogP contribution in [0.5, 0.6) is 0 Å². The second kappa shape index (κ2) is 4.92. The fraction of sp³-hybridized carbons (Fsp3) is 0.250. The van der Waals surface area contributed by atoms with E-state index in [0.29, 0.717) is 5.82 Å². The number of hydrogen-bond acceptors (Lipinski definition) is 7. The lowest BCUT2D eigenvalue weighted by Crippen LogP contribution is -2.11. The topological polar surface area (TPSA) is 123 Å². The van der Waals surface area contributed by atoms with E-state index in [9.17, 15) is 10.1 Å². The molecule has 18 heavy (non-hydrogen) atoms. The zero-order chi connectivity index (χ0) is 13.1. The van der Waals surface area contributed by atoms with Gasteiger partial charge in [0.15, 0.2) is 5.82 Å². The number of nitrogens with zero attached hydrogens (tertiary/aromatic N) is 5. The average Bonchev–Trinajstić information content (AvgIpc) is 2.84. The average molecular weight is 270 g/mol. The largest absolute Gasteiger partial charge is 0.354 e. The van der Waals surface area contributed by atoms with Crippen LogP contribution in [0.4, 0.5) is 11.5 Å². The van der Waals surface area contributed by atoms with Crippen molar-refractivity contribution in [1.82, 2.24) is 25.6 Å². The highest BCUT2D eigenvalue weighted by atomic mass is 35.5. The zero-order valence-electron chi connectivity index (χ0n) is 9.16. The quantitative estimate of drug-likeness (QED) is 0.634. The first-order valence-corrected chi connectivity index (χ1v) is 5.25. The summed E-state index contributed by atoms with van der Waals surface area (Å²) < 4.78 is 0. The maximum Gasteiger partial charge on any atom is 0.312 e. The first kappa shape index (κ1) is 12.2. The van der Waals surface area contributed by atoms with Gasteiger partial charge in [-0.3, -0.25) is 10.1 Å². The number of pyridine rings is 1. The molecule has 94 valence electrons. The molecule has 0 spiro atoms. The molecule has 0 aliphatic heterocycles. The molecule has 0 saturated carbocycles. The number of aromatic amines is 1. The molecule has 0 aliphatic carbocycles. The maximum atomic E-state index is 10.9. The minimum Gasteiger partial charge on any atom is -0.354 e. The Morgan fingerprint density at radius 3 is 3.00 bits per heavy atom. The number of aromatic nitrogens is 5. The summed E-state index contributed by atoms with van der Waals surface area (Å²) in [5.74, 6) is 0.475. The number of tetrazole rings is 1. The summed E-state index contributed by atoms with van der Waals surface area (Å²) in [6, 6.07) is 0.843. The van der Waals surface area contributed by atoms with E-state index in [1.54, 1.807) is 6.92 Å². The lowest BCUT2D eigenvalue weighted by molar-refractivity contribution is -0.384. The smallest absolute Gasteiger partial charge is 0.312 e. The van der Waals surface area contributed by atoms with Crippen LogP contribution in [0.15, 0.2) is 12.3 Å². The molecule has 0 bridgehead atoms. The lowest BCUT2D eigenvalue weighted by atomic mass is 10.3. The van der Waals surface area contributed by atoms with Gasteiger partial charge in [-0.15, -0.1) is 10.2 Å². The molecule has 2 aromatic heterocycles. The Hall–Kier alpha value is -2.29. The third-order valence-corrected chi connectivity index (χ3v) is 2.34. The van der Waals surface area contributed by atoms with E-state index in [1.165, 1.54) is 12.3 Å². The summed E-state index contributed by atoms with van der Waals surface area (Å²) in [5.41, 5.74) is -0.210. The van der Waals surface area contributed by atoms with Gasteiger partial charge in [0.1, 0.15) is 0 Å². The van der Waals surface area contributed by atoms with E-state index in [4.69, 9.17) is 11.6 Å². The van der Waals surface area contributed by atoms with Crippen molar-refractivity contribution < 1.29 is 4.92 Å². The molecule has 0 radical (unpaired) electrons. The summed E-state index contributed by atoms with van der Waals surface area (Å²) >= 11 is 5.66. The van der Waals surface area contributed by atoms with Crippen LogP contribution in [0.3, 0.4) is 0 Å². The first-order chi connectivity index (χ1) is 8.58. The molecule has 0 amide bonds. The van der Waals surface area contributed by atoms with Gasteiger partial charge in [-0.1, -0.05) is 16.8 Å². The second-order valence-electron chi connectivity index (χ2n) is 3.41. The summed E-state index contributed by atoms with van der Waals surface area (Å²) in [7, 11) is 0. The van der Waals surface area contributed by atoms with E-state index in [-0.39, 0.29) is 22.6 Å². The van der Waals surface area contributed by atoms with Gasteiger partial charge >= 0.3 is 5.69 Å². The molecule has 0 aliphatic rings. The van der Waals surface area contributed by atoms with Crippen LogP contribution >= 0.6 is 11.6 Å². The van der Waals surface area contributed by atoms with Crippen molar-refractivity contribution in [2.45, 2.75) is 13.0 Å². The van der Waals surface area contributed by atoms with Gasteiger partial charge < -0.3 is 5.32 Å². The number of nitrogens with one attached hydrogen (secondary N) is 2. The number of rotatable bonds is 4. The molecule has 9 nitrogen and oxygen atoms in total. The molecule has 1 unspecified atom stereocenters. The number of hydrogen-bond donors (Lipinski definition) is 2. The van der Waals surface area contributed by atoms with Crippen molar-refractivity contribution >= 4 is 23.1 Å². The Bertz CT molecular complexity index is 559. The van der Waals surface area contributed by atoms with Gasteiger partial charge in [0.2, 0.25) is 5.82 Å². The number of anilines is 1. The molecule has 2 N–H and O–H groups in total. The first-order valence-electron chi connectivity index (χ1n) is 4.87. The molecule has 1 atom stereocenters. The predicted octanol–water partition coefficient (Wildman–Crippen LogP) is 1.33. The molecule has 0 fully saturated rings. The molecule has 2 heterocycles. The van der Waals surface area contributed by atoms with E-state index in [0.717, 1.165) is 0 Å². The van der Waals surface area contributed by atoms with Crippen LogP contribution in [-0.4, -0.2) is 30.5 Å². The van der Waals surface area contributed by atoms with E-state index in [2.05, 4.69) is 30.9 Å². The lowest BCUT2D eigenvalue weighted by Gasteiger charge is -2.10. The summed E-state index contributed by atoms with van der Waals surface area (Å²) in [5, 5.41) is 27.1. The highest BCUT2D eigenvalue weighted by Gasteiger charge is 2.19. The molecule has 2 aromatic rings. The zero-order valence-corrected chi connectivity index (χ0v) is 9.92. The predicted molar refractivity (Wildman–Crippen MR) is 62.1 cm³/mol. The molecule has 0 saturated heterocycles. The SMILES string of the molecule is CC(Nc1ncc(Cl)cc1[N+](=O)[O-])c1nn[nH]n1. The van der Waals surface area contributed by atoms with Crippen LogP contribution in [0.1, 0.15) is 18.8 Å². The van der Waals surface area contributed by atoms with E-state index in [1.807, 2.05) is 0 Å². The standard InChI is InChI=1S/C8H8ClN7O2/c1-4(7-12-14-15-13-7)11-8-6(16(17)18)2-5(9)3-10-8/h2-4H,1H3,(H,10,11)(H,12,13,14,15). The third-order valence-electron chi connectivity index (χ3n) is 2.13.